The smallest absolute Gasteiger partial charge is 0.242 e. The van der Waals surface area contributed by atoms with E-state index in [1.165, 1.54) is 18.4 Å². The molecule has 0 aliphatic rings. The number of rotatable bonds is 4. The van der Waals surface area contributed by atoms with Crippen LogP contribution in [0.25, 0.3) is 0 Å². The van der Waals surface area contributed by atoms with Crippen molar-refractivity contribution in [3.63, 3.8) is 0 Å². The van der Waals surface area contributed by atoms with Gasteiger partial charge < -0.3 is 10.6 Å². The Morgan fingerprint density at radius 1 is 1.00 bits per heavy atom. The van der Waals surface area contributed by atoms with Crippen LogP contribution in [0, 0.1) is 13.8 Å². The second-order valence-electron chi connectivity index (χ2n) is 5.81. The van der Waals surface area contributed by atoms with Crippen molar-refractivity contribution in [3.8, 4) is 0 Å². The number of anilines is 2. The Morgan fingerprint density at radius 2 is 1.52 bits per heavy atom. The summed E-state index contributed by atoms with van der Waals surface area (Å²) in [6.45, 7) is 3.67. The van der Waals surface area contributed by atoms with Crippen LogP contribution in [0.5, 0.6) is 0 Å². The van der Waals surface area contributed by atoms with Gasteiger partial charge in [0.15, 0.2) is 5.11 Å². The van der Waals surface area contributed by atoms with Gasteiger partial charge in [0.2, 0.25) is 10.0 Å². The predicted molar refractivity (Wildman–Crippen MR) is 108 cm³/mol. The third-order valence-electron chi connectivity index (χ3n) is 3.63. The Bertz CT molecular complexity index is 912. The molecule has 0 radical (unpaired) electrons. The number of hydrogen-bond donors (Lipinski definition) is 2. The normalized spacial score (nSPS) is 11.4. The van der Waals surface area contributed by atoms with Gasteiger partial charge >= 0.3 is 0 Å². The standard InChI is InChI=1S/C17H20ClN3O2S2/c1-11-5-7-13(9-15(11)18)19-17(24)20-14-8-6-12(2)16(10-14)25(22,23)21(3)4/h5-10H,1-4H3,(H2,19,20,24). The van der Waals surface area contributed by atoms with E-state index in [2.05, 4.69) is 10.6 Å². The van der Waals surface area contributed by atoms with E-state index < -0.39 is 10.0 Å². The highest BCUT2D eigenvalue weighted by atomic mass is 35.5. The largest absolute Gasteiger partial charge is 0.332 e. The zero-order chi connectivity index (χ0) is 18.8. The quantitative estimate of drug-likeness (QED) is 0.763. The first kappa shape index (κ1) is 19.7. The highest BCUT2D eigenvalue weighted by Crippen LogP contribution is 2.23. The molecule has 134 valence electrons. The Kier molecular flexibility index (Phi) is 6.05. The van der Waals surface area contributed by atoms with Gasteiger partial charge in [-0.05, 0) is 61.5 Å². The first-order chi connectivity index (χ1) is 11.6. The summed E-state index contributed by atoms with van der Waals surface area (Å²) in [7, 11) is -0.519. The molecule has 0 fully saturated rings. The monoisotopic (exact) mass is 397 g/mol. The Labute approximate surface area is 159 Å². The molecule has 0 unspecified atom stereocenters. The molecule has 0 heterocycles. The third-order valence-corrected chi connectivity index (χ3v) is 6.20. The number of hydrogen-bond acceptors (Lipinski definition) is 3. The van der Waals surface area contributed by atoms with E-state index in [4.69, 9.17) is 23.8 Å². The molecule has 0 saturated heterocycles. The minimum Gasteiger partial charge on any atom is -0.332 e. The van der Waals surface area contributed by atoms with E-state index in [1.54, 1.807) is 31.2 Å². The molecule has 0 amide bonds. The maximum Gasteiger partial charge on any atom is 0.242 e. The number of aryl methyl sites for hydroxylation is 2. The molecule has 0 aliphatic heterocycles. The number of sulfonamides is 1. The van der Waals surface area contributed by atoms with E-state index in [0.29, 0.717) is 21.4 Å². The van der Waals surface area contributed by atoms with E-state index in [-0.39, 0.29) is 4.90 Å². The van der Waals surface area contributed by atoms with Crippen LogP contribution in [0.2, 0.25) is 5.02 Å². The predicted octanol–water partition coefficient (Wildman–Crippen LogP) is 4.02. The van der Waals surface area contributed by atoms with Crippen molar-refractivity contribution >= 4 is 50.3 Å². The van der Waals surface area contributed by atoms with Gasteiger partial charge in [-0.3, -0.25) is 0 Å². The highest BCUT2D eigenvalue weighted by molar-refractivity contribution is 7.89. The molecule has 0 aliphatic carbocycles. The molecule has 25 heavy (non-hydrogen) atoms. The topological polar surface area (TPSA) is 61.4 Å². The molecule has 0 spiro atoms. The fourth-order valence-corrected chi connectivity index (χ4v) is 3.68. The van der Waals surface area contributed by atoms with Crippen molar-refractivity contribution in [2.24, 2.45) is 0 Å². The SMILES string of the molecule is Cc1ccc(NC(=S)Nc2ccc(C)c(S(=O)(=O)N(C)C)c2)cc1Cl. The van der Waals surface area contributed by atoms with Crippen molar-refractivity contribution in [2.45, 2.75) is 18.7 Å². The molecular formula is C17H20ClN3O2S2. The zero-order valence-electron chi connectivity index (χ0n) is 14.4. The molecule has 0 aromatic heterocycles. The van der Waals surface area contributed by atoms with E-state index >= 15 is 0 Å². The van der Waals surface area contributed by atoms with Crippen LogP contribution in [0.1, 0.15) is 11.1 Å². The Balaban J connectivity index is 2.20. The minimum absolute atomic E-state index is 0.240. The lowest BCUT2D eigenvalue weighted by molar-refractivity contribution is 0.520. The average molecular weight is 398 g/mol. The second-order valence-corrected chi connectivity index (χ2v) is 8.75. The number of benzene rings is 2. The van der Waals surface area contributed by atoms with Gasteiger partial charge in [0.25, 0.3) is 0 Å². The van der Waals surface area contributed by atoms with Crippen LogP contribution in [0.3, 0.4) is 0 Å². The molecule has 0 saturated carbocycles. The summed E-state index contributed by atoms with van der Waals surface area (Å²) in [6.07, 6.45) is 0. The summed E-state index contributed by atoms with van der Waals surface area (Å²) >= 11 is 11.4. The van der Waals surface area contributed by atoms with Gasteiger partial charge in [0, 0.05) is 30.5 Å². The fraction of sp³-hybridized carbons (Fsp3) is 0.235. The van der Waals surface area contributed by atoms with Gasteiger partial charge in [-0.15, -0.1) is 0 Å². The molecule has 2 aromatic carbocycles. The van der Waals surface area contributed by atoms with Gasteiger partial charge in [-0.1, -0.05) is 23.7 Å². The van der Waals surface area contributed by atoms with E-state index in [9.17, 15) is 8.42 Å². The number of nitrogens with one attached hydrogen (secondary N) is 2. The van der Waals surface area contributed by atoms with Gasteiger partial charge in [-0.2, -0.15) is 0 Å². The van der Waals surface area contributed by atoms with Crippen LogP contribution in [0.15, 0.2) is 41.3 Å². The minimum atomic E-state index is -3.52. The third kappa shape index (κ3) is 4.70. The molecule has 0 bridgehead atoms. The van der Waals surface area contributed by atoms with Crippen molar-refractivity contribution in [3.05, 3.63) is 52.5 Å². The second kappa shape index (κ2) is 7.70. The maximum atomic E-state index is 12.4. The van der Waals surface area contributed by atoms with E-state index in [0.717, 1.165) is 11.3 Å². The summed E-state index contributed by atoms with van der Waals surface area (Å²) in [5.74, 6) is 0. The lowest BCUT2D eigenvalue weighted by Gasteiger charge is -2.16. The lowest BCUT2D eigenvalue weighted by atomic mass is 10.2. The number of halogens is 1. The molecular weight excluding hydrogens is 378 g/mol. The summed E-state index contributed by atoms with van der Waals surface area (Å²) in [6, 6.07) is 10.6. The molecule has 2 aromatic rings. The van der Waals surface area contributed by atoms with Crippen LogP contribution >= 0.6 is 23.8 Å². The van der Waals surface area contributed by atoms with Crippen LogP contribution in [-0.2, 0) is 10.0 Å². The van der Waals surface area contributed by atoms with Crippen LogP contribution < -0.4 is 10.6 Å². The molecule has 2 N–H and O–H groups in total. The van der Waals surface area contributed by atoms with Crippen molar-refractivity contribution in [1.29, 1.82) is 0 Å². The highest BCUT2D eigenvalue weighted by Gasteiger charge is 2.20. The number of thiocarbonyl (C=S) groups is 1. The lowest BCUT2D eigenvalue weighted by Crippen LogP contribution is -2.24. The fourth-order valence-electron chi connectivity index (χ4n) is 2.12. The van der Waals surface area contributed by atoms with Gasteiger partial charge in [-0.25, -0.2) is 12.7 Å². The molecule has 8 heteroatoms. The average Bonchev–Trinajstić information content (AvgIpc) is 2.52. The van der Waals surface area contributed by atoms with Gasteiger partial charge in [0.1, 0.15) is 0 Å². The Hall–Kier alpha value is -1.67. The van der Waals surface area contributed by atoms with E-state index in [1.807, 2.05) is 19.1 Å². The first-order valence-corrected chi connectivity index (χ1v) is 9.71. The van der Waals surface area contributed by atoms with Crippen molar-refractivity contribution < 1.29 is 8.42 Å². The summed E-state index contributed by atoms with van der Waals surface area (Å²) < 4.78 is 26.0. The molecule has 2 rings (SSSR count). The summed E-state index contributed by atoms with van der Waals surface area (Å²) in [5.41, 5.74) is 2.98. The first-order valence-electron chi connectivity index (χ1n) is 7.48. The summed E-state index contributed by atoms with van der Waals surface area (Å²) in [5, 5.41) is 7.01. The Morgan fingerprint density at radius 3 is 2.04 bits per heavy atom. The number of nitrogens with zero attached hydrogens (tertiary/aromatic N) is 1. The van der Waals surface area contributed by atoms with Crippen LogP contribution in [0.4, 0.5) is 11.4 Å². The molecule has 0 atom stereocenters. The summed E-state index contributed by atoms with van der Waals surface area (Å²) in [4.78, 5) is 0.240. The molecule has 5 nitrogen and oxygen atoms in total. The van der Waals surface area contributed by atoms with Crippen molar-refractivity contribution in [1.82, 2.24) is 4.31 Å². The van der Waals surface area contributed by atoms with Crippen LogP contribution in [-0.4, -0.2) is 31.9 Å². The zero-order valence-corrected chi connectivity index (χ0v) is 16.8. The maximum absolute atomic E-state index is 12.4. The van der Waals surface area contributed by atoms with Gasteiger partial charge in [0.05, 0.1) is 4.90 Å². The van der Waals surface area contributed by atoms with Crippen molar-refractivity contribution in [2.75, 3.05) is 24.7 Å².